The van der Waals surface area contributed by atoms with Crippen molar-refractivity contribution < 1.29 is 4.79 Å². The van der Waals surface area contributed by atoms with Gasteiger partial charge in [0.2, 0.25) is 0 Å². The lowest BCUT2D eigenvalue weighted by atomic mass is 10.0. The van der Waals surface area contributed by atoms with Crippen molar-refractivity contribution in [2.24, 2.45) is 0 Å². The van der Waals surface area contributed by atoms with Gasteiger partial charge in [0.1, 0.15) is 11.5 Å². The van der Waals surface area contributed by atoms with E-state index in [9.17, 15) is 10.1 Å². The van der Waals surface area contributed by atoms with Gasteiger partial charge in [-0.2, -0.15) is 5.26 Å². The Hall–Kier alpha value is -4.71. The molecular formula is C25H22N8O. The number of rotatable bonds is 4. The summed E-state index contributed by atoms with van der Waals surface area (Å²) in [6.07, 6.45) is 5.34. The molecule has 5 aromatic rings. The molecule has 0 spiro atoms. The van der Waals surface area contributed by atoms with Gasteiger partial charge in [-0.15, -0.1) is 0 Å². The van der Waals surface area contributed by atoms with Gasteiger partial charge in [0.05, 0.1) is 29.2 Å². The van der Waals surface area contributed by atoms with E-state index in [0.717, 1.165) is 22.5 Å². The van der Waals surface area contributed by atoms with Gasteiger partial charge in [0, 0.05) is 35.3 Å². The van der Waals surface area contributed by atoms with E-state index in [2.05, 4.69) is 26.3 Å². The number of pyridine rings is 1. The lowest BCUT2D eigenvalue weighted by Gasteiger charge is -2.14. The molecular weight excluding hydrogens is 428 g/mol. The molecule has 168 valence electrons. The Balaban J connectivity index is 1.84. The zero-order valence-electron chi connectivity index (χ0n) is 18.9. The normalized spacial score (nSPS) is 11.3. The fraction of sp³-hybridized carbons (Fsp3) is 0.160. The Labute approximate surface area is 195 Å². The van der Waals surface area contributed by atoms with Gasteiger partial charge in [-0.1, -0.05) is 12.1 Å². The van der Waals surface area contributed by atoms with Crippen LogP contribution in [0.3, 0.4) is 0 Å². The molecule has 4 aromatic heterocycles. The first-order valence-corrected chi connectivity index (χ1v) is 10.8. The molecule has 9 heteroatoms. The van der Waals surface area contributed by atoms with E-state index in [1.54, 1.807) is 28.9 Å². The molecule has 0 fully saturated rings. The van der Waals surface area contributed by atoms with Gasteiger partial charge in [-0.25, -0.2) is 9.97 Å². The fourth-order valence-electron chi connectivity index (χ4n) is 4.02. The number of nitrogens with two attached hydrogens (primary N) is 1. The monoisotopic (exact) mass is 450 g/mol. The molecule has 4 heterocycles. The van der Waals surface area contributed by atoms with Crippen LogP contribution in [0.2, 0.25) is 0 Å². The van der Waals surface area contributed by atoms with Crippen molar-refractivity contribution in [1.29, 1.82) is 5.26 Å². The molecule has 0 aliphatic rings. The maximum Gasteiger partial charge on any atom is 0.273 e. The fourth-order valence-corrected chi connectivity index (χ4v) is 4.02. The average Bonchev–Trinajstić information content (AvgIpc) is 3.37. The minimum atomic E-state index is -0.351. The maximum atomic E-state index is 12.8. The second-order valence-electron chi connectivity index (χ2n) is 8.36. The quantitative estimate of drug-likeness (QED) is 0.431. The topological polar surface area (TPSA) is 126 Å². The molecule has 0 saturated heterocycles. The van der Waals surface area contributed by atoms with Gasteiger partial charge in [0.25, 0.3) is 5.91 Å². The number of nitrogen functional groups attached to an aromatic ring is 1. The van der Waals surface area contributed by atoms with Crippen LogP contribution in [0.4, 0.5) is 5.82 Å². The number of benzene rings is 1. The van der Waals surface area contributed by atoms with E-state index in [1.807, 2.05) is 55.6 Å². The highest BCUT2D eigenvalue weighted by Gasteiger charge is 2.23. The third-order valence-electron chi connectivity index (χ3n) is 5.56. The second kappa shape index (κ2) is 8.01. The summed E-state index contributed by atoms with van der Waals surface area (Å²) < 4.78 is 3.72. The number of fused-ring (bicyclic) bond motifs is 2. The SMILES string of the molecule is Cc1cnc2ccc(-c3c(-c4cccc(C#N)c4)ncc4nc(C(=O)NC(C)C)c(N)n34)cn12. The summed E-state index contributed by atoms with van der Waals surface area (Å²) in [5, 5.41) is 12.3. The van der Waals surface area contributed by atoms with Crippen LogP contribution in [0.25, 0.3) is 33.8 Å². The first-order valence-electron chi connectivity index (χ1n) is 10.8. The molecule has 1 amide bonds. The highest BCUT2D eigenvalue weighted by atomic mass is 16.2. The molecule has 3 N–H and O–H groups in total. The Morgan fingerprint density at radius 3 is 2.71 bits per heavy atom. The molecule has 0 unspecified atom stereocenters. The van der Waals surface area contributed by atoms with Crippen LogP contribution in [-0.4, -0.2) is 35.7 Å². The molecule has 0 aliphatic heterocycles. The van der Waals surface area contributed by atoms with Crippen molar-refractivity contribution in [1.82, 2.24) is 29.1 Å². The molecule has 0 radical (unpaired) electrons. The highest BCUT2D eigenvalue weighted by Crippen LogP contribution is 2.34. The summed E-state index contributed by atoms with van der Waals surface area (Å²) in [6, 6.07) is 13.2. The lowest BCUT2D eigenvalue weighted by Crippen LogP contribution is -2.30. The number of carbonyl (C=O) groups excluding carboxylic acids is 1. The summed E-state index contributed by atoms with van der Waals surface area (Å²) in [6.45, 7) is 5.72. The number of hydrogen-bond acceptors (Lipinski definition) is 6. The van der Waals surface area contributed by atoms with Gasteiger partial charge in [-0.05, 0) is 45.0 Å². The summed E-state index contributed by atoms with van der Waals surface area (Å²) >= 11 is 0. The number of imidazole rings is 2. The molecule has 0 atom stereocenters. The minimum Gasteiger partial charge on any atom is -0.383 e. The molecule has 34 heavy (non-hydrogen) atoms. The number of anilines is 1. The van der Waals surface area contributed by atoms with E-state index in [-0.39, 0.29) is 23.5 Å². The molecule has 0 saturated carbocycles. The smallest absolute Gasteiger partial charge is 0.273 e. The van der Waals surface area contributed by atoms with E-state index < -0.39 is 0 Å². The molecule has 0 bridgehead atoms. The van der Waals surface area contributed by atoms with Crippen molar-refractivity contribution in [2.45, 2.75) is 26.8 Å². The van der Waals surface area contributed by atoms with Crippen molar-refractivity contribution in [3.63, 3.8) is 0 Å². The van der Waals surface area contributed by atoms with Gasteiger partial charge in [-0.3, -0.25) is 14.2 Å². The number of nitrogens with zero attached hydrogens (tertiary/aromatic N) is 6. The minimum absolute atomic E-state index is 0.0646. The number of hydrogen-bond donors (Lipinski definition) is 2. The van der Waals surface area contributed by atoms with Gasteiger partial charge in [0.15, 0.2) is 11.3 Å². The zero-order valence-corrected chi connectivity index (χ0v) is 18.9. The van der Waals surface area contributed by atoms with Crippen LogP contribution >= 0.6 is 0 Å². The van der Waals surface area contributed by atoms with Crippen molar-refractivity contribution >= 4 is 23.0 Å². The maximum absolute atomic E-state index is 12.8. The Morgan fingerprint density at radius 2 is 1.94 bits per heavy atom. The molecule has 0 aliphatic carbocycles. The predicted molar refractivity (Wildman–Crippen MR) is 129 cm³/mol. The number of nitriles is 1. The first-order chi connectivity index (χ1) is 16.4. The van der Waals surface area contributed by atoms with Gasteiger partial charge >= 0.3 is 0 Å². The Kier molecular flexibility index (Phi) is 4.98. The Bertz CT molecular complexity index is 1620. The van der Waals surface area contributed by atoms with Crippen LogP contribution in [0.15, 0.2) is 55.0 Å². The van der Waals surface area contributed by atoms with E-state index in [1.165, 1.54) is 0 Å². The van der Waals surface area contributed by atoms with Crippen LogP contribution in [0.1, 0.15) is 35.6 Å². The van der Waals surface area contributed by atoms with Crippen molar-refractivity contribution in [3.05, 3.63) is 71.9 Å². The van der Waals surface area contributed by atoms with E-state index in [4.69, 9.17) is 5.73 Å². The number of amides is 1. The van der Waals surface area contributed by atoms with Crippen LogP contribution in [0, 0.1) is 18.3 Å². The number of nitrogens with one attached hydrogen (secondary N) is 1. The van der Waals surface area contributed by atoms with Crippen LogP contribution in [-0.2, 0) is 0 Å². The summed E-state index contributed by atoms with van der Waals surface area (Å²) in [4.78, 5) is 26.4. The van der Waals surface area contributed by atoms with Crippen molar-refractivity contribution in [2.75, 3.05) is 5.73 Å². The van der Waals surface area contributed by atoms with E-state index >= 15 is 0 Å². The second-order valence-corrected chi connectivity index (χ2v) is 8.36. The number of aromatic nitrogens is 5. The summed E-state index contributed by atoms with van der Waals surface area (Å²) in [5.74, 6) is -0.137. The third-order valence-corrected chi connectivity index (χ3v) is 5.56. The lowest BCUT2D eigenvalue weighted by molar-refractivity contribution is 0.0939. The first kappa shape index (κ1) is 21.2. The standard InChI is InChI=1S/C25H22N8O/c1-14(2)30-25(34)22-24(27)33-20(31-22)12-29-21(17-6-4-5-16(9-17)10-26)23(33)18-7-8-19-28-11-15(3)32(19)13-18/h4-9,11-14H,27H2,1-3H3,(H,30,34). The molecule has 5 rings (SSSR count). The number of aryl methyl sites for hydroxylation is 1. The predicted octanol–water partition coefficient (Wildman–Crippen LogP) is 3.61. The highest BCUT2D eigenvalue weighted by molar-refractivity contribution is 5.98. The van der Waals surface area contributed by atoms with Gasteiger partial charge < -0.3 is 15.5 Å². The third kappa shape index (κ3) is 3.42. The average molecular weight is 451 g/mol. The molecule has 1 aromatic carbocycles. The zero-order chi connectivity index (χ0) is 24.0. The van der Waals surface area contributed by atoms with E-state index in [0.29, 0.717) is 22.6 Å². The Morgan fingerprint density at radius 1 is 1.12 bits per heavy atom. The number of carbonyl (C=O) groups is 1. The van der Waals surface area contributed by atoms with Crippen molar-refractivity contribution in [3.8, 4) is 28.6 Å². The summed E-state index contributed by atoms with van der Waals surface area (Å²) in [5.41, 5.74) is 12.2. The largest absolute Gasteiger partial charge is 0.383 e. The molecule has 9 nitrogen and oxygen atoms in total. The summed E-state index contributed by atoms with van der Waals surface area (Å²) in [7, 11) is 0. The van der Waals surface area contributed by atoms with Crippen LogP contribution < -0.4 is 11.1 Å². The van der Waals surface area contributed by atoms with Crippen LogP contribution in [0.5, 0.6) is 0 Å².